The first-order chi connectivity index (χ1) is 8.07. The molecule has 0 aromatic carbocycles. The first-order valence-electron chi connectivity index (χ1n) is 6.42. The van der Waals surface area contributed by atoms with Crippen LogP contribution in [0.4, 0.5) is 0 Å². The van der Waals surface area contributed by atoms with Crippen molar-refractivity contribution in [3.63, 3.8) is 0 Å². The molecule has 17 heavy (non-hydrogen) atoms. The van der Waals surface area contributed by atoms with Crippen LogP contribution in [0.2, 0.25) is 0 Å². The fourth-order valence-corrected chi connectivity index (χ4v) is 5.79. The number of hydrogen-bond donors (Lipinski definition) is 0. The van der Waals surface area contributed by atoms with Gasteiger partial charge >= 0.3 is 0 Å². The Hall–Kier alpha value is 0.350. The molecule has 2 rings (SSSR count). The molecule has 2 fully saturated rings. The fourth-order valence-electron chi connectivity index (χ4n) is 2.82. The van der Waals surface area contributed by atoms with Crippen LogP contribution in [-0.4, -0.2) is 47.5 Å². The van der Waals surface area contributed by atoms with Crippen LogP contribution >= 0.6 is 15.9 Å². The normalized spacial score (nSPS) is 33.1. The van der Waals surface area contributed by atoms with Gasteiger partial charge in [-0.25, -0.2) is 0 Å². The van der Waals surface area contributed by atoms with Crippen molar-refractivity contribution in [1.82, 2.24) is 8.61 Å². The van der Waals surface area contributed by atoms with Gasteiger partial charge in [0.1, 0.15) is 0 Å². The van der Waals surface area contributed by atoms with Crippen LogP contribution in [0.3, 0.4) is 0 Å². The summed E-state index contributed by atoms with van der Waals surface area (Å²) >= 11 is 3.42. The summed E-state index contributed by atoms with van der Waals surface area (Å²) in [6, 6.07) is 0.305. The van der Waals surface area contributed by atoms with Crippen molar-refractivity contribution in [2.24, 2.45) is 0 Å². The van der Waals surface area contributed by atoms with E-state index in [0.717, 1.165) is 37.4 Å². The van der Waals surface area contributed by atoms with Gasteiger partial charge in [-0.2, -0.15) is 17.0 Å². The lowest BCUT2D eigenvalue weighted by Crippen LogP contribution is -2.51. The summed E-state index contributed by atoms with van der Waals surface area (Å²) in [5.74, 6) is 0. The Morgan fingerprint density at radius 1 is 1.12 bits per heavy atom. The molecule has 6 heteroatoms. The smallest absolute Gasteiger partial charge is 0.195 e. The SMILES string of the molecule is CC1CCCCN1S(=O)(=O)N1CCCC1CBr. The van der Waals surface area contributed by atoms with Crippen molar-refractivity contribution >= 4 is 26.1 Å². The van der Waals surface area contributed by atoms with Gasteiger partial charge in [-0.05, 0) is 32.6 Å². The van der Waals surface area contributed by atoms with Crippen molar-refractivity contribution in [3.05, 3.63) is 0 Å². The monoisotopic (exact) mass is 324 g/mol. The Kier molecular flexibility index (Phi) is 4.50. The lowest BCUT2D eigenvalue weighted by atomic mass is 10.1. The van der Waals surface area contributed by atoms with Gasteiger partial charge in [-0.15, -0.1) is 0 Å². The summed E-state index contributed by atoms with van der Waals surface area (Å²) in [4.78, 5) is 0. The highest BCUT2D eigenvalue weighted by molar-refractivity contribution is 9.09. The molecule has 0 aromatic rings. The molecular formula is C11H21BrN2O2S. The van der Waals surface area contributed by atoms with E-state index in [1.807, 2.05) is 6.92 Å². The second kappa shape index (κ2) is 5.55. The minimum atomic E-state index is -3.24. The van der Waals surface area contributed by atoms with Crippen molar-refractivity contribution in [1.29, 1.82) is 0 Å². The predicted octanol–water partition coefficient (Wildman–Crippen LogP) is 1.96. The summed E-state index contributed by atoms with van der Waals surface area (Å²) < 4.78 is 28.6. The van der Waals surface area contributed by atoms with Gasteiger partial charge in [0.05, 0.1) is 0 Å². The zero-order chi connectivity index (χ0) is 12.5. The Balaban J connectivity index is 2.17. The number of alkyl halides is 1. The largest absolute Gasteiger partial charge is 0.282 e. The summed E-state index contributed by atoms with van der Waals surface area (Å²) in [5, 5.41) is 0.744. The molecule has 0 bridgehead atoms. The quantitative estimate of drug-likeness (QED) is 0.745. The molecule has 2 saturated heterocycles. The number of rotatable bonds is 3. The highest BCUT2D eigenvalue weighted by Crippen LogP contribution is 2.28. The minimum Gasteiger partial charge on any atom is -0.195 e. The van der Waals surface area contributed by atoms with Gasteiger partial charge in [0.15, 0.2) is 0 Å². The zero-order valence-corrected chi connectivity index (χ0v) is 12.7. The van der Waals surface area contributed by atoms with E-state index in [0.29, 0.717) is 13.1 Å². The molecule has 2 aliphatic heterocycles. The average molecular weight is 325 g/mol. The van der Waals surface area contributed by atoms with E-state index in [4.69, 9.17) is 0 Å². The van der Waals surface area contributed by atoms with Crippen molar-refractivity contribution in [3.8, 4) is 0 Å². The predicted molar refractivity (Wildman–Crippen MR) is 72.5 cm³/mol. The second-order valence-corrected chi connectivity index (χ2v) is 7.51. The molecule has 2 aliphatic rings. The Bertz CT molecular complexity index is 352. The zero-order valence-electron chi connectivity index (χ0n) is 10.3. The van der Waals surface area contributed by atoms with Crippen molar-refractivity contribution in [2.75, 3.05) is 18.4 Å². The Labute approximate surface area is 113 Å². The maximum atomic E-state index is 12.6. The van der Waals surface area contributed by atoms with E-state index in [2.05, 4.69) is 15.9 Å². The van der Waals surface area contributed by atoms with Crippen LogP contribution in [0.15, 0.2) is 0 Å². The molecule has 2 atom stereocenters. The topological polar surface area (TPSA) is 40.6 Å². The Morgan fingerprint density at radius 3 is 2.47 bits per heavy atom. The van der Waals surface area contributed by atoms with Crippen LogP contribution in [-0.2, 0) is 10.2 Å². The minimum absolute atomic E-state index is 0.147. The molecule has 100 valence electrons. The molecule has 0 saturated carbocycles. The average Bonchev–Trinajstić information content (AvgIpc) is 2.78. The van der Waals surface area contributed by atoms with Gasteiger partial charge in [0, 0.05) is 30.5 Å². The molecule has 0 aliphatic carbocycles. The number of piperidine rings is 1. The van der Waals surface area contributed by atoms with E-state index >= 15 is 0 Å². The van der Waals surface area contributed by atoms with Gasteiger partial charge in [-0.1, -0.05) is 22.4 Å². The third kappa shape index (κ3) is 2.69. The molecule has 2 unspecified atom stereocenters. The van der Waals surface area contributed by atoms with E-state index in [1.54, 1.807) is 8.61 Å². The van der Waals surface area contributed by atoms with Gasteiger partial charge in [0.25, 0.3) is 10.2 Å². The first-order valence-corrected chi connectivity index (χ1v) is 8.94. The molecule has 0 amide bonds. The van der Waals surface area contributed by atoms with Gasteiger partial charge in [-0.3, -0.25) is 0 Å². The summed E-state index contributed by atoms with van der Waals surface area (Å²) in [6.45, 7) is 3.40. The number of nitrogens with zero attached hydrogens (tertiary/aromatic N) is 2. The highest BCUT2D eigenvalue weighted by Gasteiger charge is 2.39. The molecule has 0 aromatic heterocycles. The van der Waals surface area contributed by atoms with E-state index in [1.165, 1.54) is 0 Å². The van der Waals surface area contributed by atoms with Crippen LogP contribution in [0.5, 0.6) is 0 Å². The second-order valence-electron chi connectivity index (χ2n) is 5.02. The lowest BCUT2D eigenvalue weighted by Gasteiger charge is -2.36. The van der Waals surface area contributed by atoms with E-state index in [-0.39, 0.29) is 12.1 Å². The van der Waals surface area contributed by atoms with Gasteiger partial charge in [0.2, 0.25) is 0 Å². The number of hydrogen-bond acceptors (Lipinski definition) is 2. The molecular weight excluding hydrogens is 304 g/mol. The standard InChI is InChI=1S/C11H21BrN2O2S/c1-10-5-2-3-7-13(10)17(15,16)14-8-4-6-11(14)9-12/h10-11H,2-9H2,1H3. The molecule has 0 N–H and O–H groups in total. The molecule has 2 heterocycles. The lowest BCUT2D eigenvalue weighted by molar-refractivity contribution is 0.243. The molecule has 0 radical (unpaired) electrons. The van der Waals surface area contributed by atoms with Crippen LogP contribution in [0, 0.1) is 0 Å². The third-order valence-electron chi connectivity index (χ3n) is 3.84. The highest BCUT2D eigenvalue weighted by atomic mass is 79.9. The fraction of sp³-hybridized carbons (Fsp3) is 1.00. The van der Waals surface area contributed by atoms with Crippen molar-refractivity contribution < 1.29 is 8.42 Å². The Morgan fingerprint density at radius 2 is 1.82 bits per heavy atom. The molecule has 0 spiro atoms. The van der Waals surface area contributed by atoms with Crippen LogP contribution in [0.25, 0.3) is 0 Å². The summed E-state index contributed by atoms with van der Waals surface area (Å²) in [5.41, 5.74) is 0. The van der Waals surface area contributed by atoms with Crippen LogP contribution < -0.4 is 0 Å². The summed E-state index contributed by atoms with van der Waals surface area (Å²) in [7, 11) is -3.24. The maximum absolute atomic E-state index is 12.6. The maximum Gasteiger partial charge on any atom is 0.282 e. The van der Waals surface area contributed by atoms with E-state index in [9.17, 15) is 8.42 Å². The third-order valence-corrected chi connectivity index (χ3v) is 6.79. The van der Waals surface area contributed by atoms with E-state index < -0.39 is 10.2 Å². The number of halogens is 1. The first kappa shape index (κ1) is 13.8. The molecule has 4 nitrogen and oxygen atoms in total. The van der Waals surface area contributed by atoms with Gasteiger partial charge < -0.3 is 0 Å². The van der Waals surface area contributed by atoms with Crippen LogP contribution in [0.1, 0.15) is 39.0 Å². The van der Waals surface area contributed by atoms with Crippen molar-refractivity contribution in [2.45, 2.75) is 51.1 Å². The summed E-state index contributed by atoms with van der Waals surface area (Å²) in [6.07, 6.45) is 5.10.